The van der Waals surface area contributed by atoms with Crippen molar-refractivity contribution in [3.05, 3.63) is 81.2 Å². The van der Waals surface area contributed by atoms with Crippen LogP contribution in [0.4, 0.5) is 15.8 Å². The van der Waals surface area contributed by atoms with E-state index in [0.717, 1.165) is 0 Å². The maximum Gasteiger partial charge on any atom is 0.266 e. The zero-order chi connectivity index (χ0) is 27.5. The smallest absolute Gasteiger partial charge is 0.266 e. The van der Waals surface area contributed by atoms with Gasteiger partial charge in [-0.15, -0.1) is 0 Å². The Hall–Kier alpha value is -4.11. The fraction of sp³-hybridized carbons (Fsp3) is 0.179. The van der Waals surface area contributed by atoms with Gasteiger partial charge < -0.3 is 24.8 Å². The first kappa shape index (κ1) is 28.5. The van der Waals surface area contributed by atoms with E-state index >= 15 is 0 Å². The summed E-state index contributed by atoms with van der Waals surface area (Å²) in [7, 11) is 0. The van der Waals surface area contributed by atoms with Crippen molar-refractivity contribution in [1.82, 2.24) is 0 Å². The molecule has 0 aliphatic carbocycles. The van der Waals surface area contributed by atoms with Crippen molar-refractivity contribution >= 4 is 51.9 Å². The summed E-state index contributed by atoms with van der Waals surface area (Å²) in [5.74, 6) is -0.0352. The summed E-state index contributed by atoms with van der Waals surface area (Å²) >= 11 is 2.03. The summed E-state index contributed by atoms with van der Waals surface area (Å²) in [6.07, 6.45) is 1.44. The summed E-state index contributed by atoms with van der Waals surface area (Å²) in [4.78, 5) is 25.0. The Balaban J connectivity index is 1.74. The molecule has 38 heavy (non-hydrogen) atoms. The standard InChI is InChI=1S/C28H25FIN3O5/c1-3-36-23-11-9-22(10-12-23)33-28(35)19(16-31)13-18-14-24(30)27(25(15-18)37-4-2)38-17-26(34)32-21-7-5-20(29)6-8-21/h5-15H,3-4,17H2,1-2H3,(H,32,34)(H,33,35)/b19-13+. The number of hydrogen-bond donors (Lipinski definition) is 2. The number of benzene rings is 3. The fourth-order valence-corrected chi connectivity index (χ4v) is 4.04. The zero-order valence-corrected chi connectivity index (χ0v) is 22.9. The largest absolute Gasteiger partial charge is 0.494 e. The van der Waals surface area contributed by atoms with Gasteiger partial charge in [-0.05, 0) is 109 Å². The summed E-state index contributed by atoms with van der Waals surface area (Å²) in [5, 5.41) is 14.9. The number of carbonyl (C=O) groups excluding carboxylic acids is 2. The highest BCUT2D eigenvalue weighted by molar-refractivity contribution is 14.1. The van der Waals surface area contributed by atoms with Crippen molar-refractivity contribution < 1.29 is 28.2 Å². The third kappa shape index (κ3) is 8.21. The van der Waals surface area contributed by atoms with E-state index in [9.17, 15) is 19.2 Å². The van der Waals surface area contributed by atoms with Crippen LogP contribution in [0, 0.1) is 20.7 Å². The molecule has 2 amide bonds. The summed E-state index contributed by atoms with van der Waals surface area (Å²) in [6.45, 7) is 4.22. The second-order valence-corrected chi connectivity index (χ2v) is 8.85. The lowest BCUT2D eigenvalue weighted by Crippen LogP contribution is -2.20. The van der Waals surface area contributed by atoms with Gasteiger partial charge in [0.2, 0.25) is 0 Å². The molecule has 0 saturated heterocycles. The molecule has 3 aromatic carbocycles. The summed E-state index contributed by atoms with van der Waals surface area (Å²) in [6, 6.07) is 17.5. The van der Waals surface area contributed by atoms with Gasteiger partial charge in [0.05, 0.1) is 16.8 Å². The molecule has 0 bridgehead atoms. The Morgan fingerprint density at radius 2 is 1.58 bits per heavy atom. The van der Waals surface area contributed by atoms with Crippen molar-refractivity contribution in [2.24, 2.45) is 0 Å². The highest BCUT2D eigenvalue weighted by Crippen LogP contribution is 2.35. The average Bonchev–Trinajstić information content (AvgIpc) is 2.89. The van der Waals surface area contributed by atoms with Gasteiger partial charge in [0.25, 0.3) is 11.8 Å². The minimum absolute atomic E-state index is 0.107. The second kappa shape index (κ2) is 14.0. The molecule has 0 spiro atoms. The zero-order valence-electron chi connectivity index (χ0n) is 20.7. The maximum absolute atomic E-state index is 13.1. The van der Waals surface area contributed by atoms with Crippen molar-refractivity contribution in [2.75, 3.05) is 30.5 Å². The highest BCUT2D eigenvalue weighted by Gasteiger charge is 2.16. The van der Waals surface area contributed by atoms with Crippen LogP contribution in [0.25, 0.3) is 6.08 Å². The number of nitrogens with one attached hydrogen (secondary N) is 2. The topological polar surface area (TPSA) is 110 Å². The minimum Gasteiger partial charge on any atom is -0.494 e. The Morgan fingerprint density at radius 3 is 2.21 bits per heavy atom. The number of halogens is 2. The monoisotopic (exact) mass is 629 g/mol. The first-order valence-electron chi connectivity index (χ1n) is 11.6. The van der Waals surface area contributed by atoms with Crippen LogP contribution in [0.3, 0.4) is 0 Å². The molecule has 0 atom stereocenters. The fourth-order valence-electron chi connectivity index (χ4n) is 3.26. The SMILES string of the molecule is CCOc1ccc(NC(=O)/C(C#N)=C/c2cc(I)c(OCC(=O)Nc3ccc(F)cc3)c(OCC)c2)cc1. The molecule has 0 heterocycles. The van der Waals surface area contributed by atoms with Crippen molar-refractivity contribution in [3.8, 4) is 23.3 Å². The number of carbonyl (C=O) groups is 2. The molecule has 8 nitrogen and oxygen atoms in total. The van der Waals surface area contributed by atoms with Crippen LogP contribution < -0.4 is 24.8 Å². The van der Waals surface area contributed by atoms with E-state index in [4.69, 9.17) is 14.2 Å². The molecule has 3 aromatic rings. The molecular formula is C28H25FIN3O5. The molecule has 10 heteroatoms. The maximum atomic E-state index is 13.1. The van der Waals surface area contributed by atoms with E-state index in [2.05, 4.69) is 10.6 Å². The first-order valence-corrected chi connectivity index (χ1v) is 12.7. The Morgan fingerprint density at radius 1 is 0.947 bits per heavy atom. The van der Waals surface area contributed by atoms with E-state index in [1.165, 1.54) is 30.3 Å². The molecule has 0 aliphatic rings. The predicted molar refractivity (Wildman–Crippen MR) is 151 cm³/mol. The molecule has 0 unspecified atom stereocenters. The Labute approximate surface area is 233 Å². The van der Waals surface area contributed by atoms with Crippen molar-refractivity contribution in [2.45, 2.75) is 13.8 Å². The molecule has 0 radical (unpaired) electrons. The van der Waals surface area contributed by atoms with Gasteiger partial charge in [-0.25, -0.2) is 4.39 Å². The average molecular weight is 629 g/mol. The molecule has 0 aromatic heterocycles. The van der Waals surface area contributed by atoms with Gasteiger partial charge in [0, 0.05) is 11.4 Å². The van der Waals surface area contributed by atoms with Crippen LogP contribution in [-0.2, 0) is 9.59 Å². The van der Waals surface area contributed by atoms with Crippen LogP contribution >= 0.6 is 22.6 Å². The van der Waals surface area contributed by atoms with Gasteiger partial charge in [0.15, 0.2) is 18.1 Å². The number of nitrogens with zero attached hydrogens (tertiary/aromatic N) is 1. The van der Waals surface area contributed by atoms with E-state index in [1.807, 2.05) is 35.6 Å². The molecule has 196 valence electrons. The predicted octanol–water partition coefficient (Wildman–Crippen LogP) is 5.79. The Bertz CT molecular complexity index is 1350. The van der Waals surface area contributed by atoms with Gasteiger partial charge in [-0.2, -0.15) is 5.26 Å². The lowest BCUT2D eigenvalue weighted by molar-refractivity contribution is -0.118. The number of anilines is 2. The molecule has 2 N–H and O–H groups in total. The molecular weight excluding hydrogens is 604 g/mol. The van der Waals surface area contributed by atoms with Gasteiger partial charge in [-0.1, -0.05) is 0 Å². The molecule has 0 fully saturated rings. The van der Waals surface area contributed by atoms with Crippen LogP contribution in [0.1, 0.15) is 19.4 Å². The van der Waals surface area contributed by atoms with Crippen LogP contribution in [-0.4, -0.2) is 31.6 Å². The van der Waals surface area contributed by atoms with Crippen molar-refractivity contribution in [1.29, 1.82) is 5.26 Å². The number of ether oxygens (including phenoxy) is 3. The summed E-state index contributed by atoms with van der Waals surface area (Å²) < 4.78 is 30.5. The third-order valence-electron chi connectivity index (χ3n) is 4.91. The summed E-state index contributed by atoms with van der Waals surface area (Å²) in [5.41, 5.74) is 1.39. The van der Waals surface area contributed by atoms with Gasteiger partial charge in [-0.3, -0.25) is 9.59 Å². The third-order valence-corrected chi connectivity index (χ3v) is 5.71. The number of amides is 2. The lowest BCUT2D eigenvalue weighted by atomic mass is 10.1. The van der Waals surface area contributed by atoms with Crippen LogP contribution in [0.5, 0.6) is 17.2 Å². The normalized spacial score (nSPS) is 10.8. The first-order chi connectivity index (χ1) is 18.3. The molecule has 3 rings (SSSR count). The highest BCUT2D eigenvalue weighted by atomic mass is 127. The van der Waals surface area contributed by atoms with E-state index < -0.39 is 17.6 Å². The number of hydrogen-bond acceptors (Lipinski definition) is 6. The van der Waals surface area contributed by atoms with Crippen LogP contribution in [0.15, 0.2) is 66.2 Å². The van der Waals surface area contributed by atoms with E-state index in [-0.39, 0.29) is 12.2 Å². The lowest BCUT2D eigenvalue weighted by Gasteiger charge is -2.15. The molecule has 0 saturated carbocycles. The number of rotatable bonds is 11. The van der Waals surface area contributed by atoms with E-state index in [0.29, 0.717) is 51.0 Å². The minimum atomic E-state index is -0.567. The van der Waals surface area contributed by atoms with Crippen molar-refractivity contribution in [3.63, 3.8) is 0 Å². The van der Waals surface area contributed by atoms with E-state index in [1.54, 1.807) is 43.3 Å². The van der Waals surface area contributed by atoms with Gasteiger partial charge >= 0.3 is 0 Å². The Kier molecular flexibility index (Phi) is 10.5. The second-order valence-electron chi connectivity index (χ2n) is 7.69. The van der Waals surface area contributed by atoms with Gasteiger partial charge in [0.1, 0.15) is 23.2 Å². The quantitative estimate of drug-likeness (QED) is 0.158. The van der Waals surface area contributed by atoms with Crippen LogP contribution in [0.2, 0.25) is 0 Å². The number of nitriles is 1. The molecule has 0 aliphatic heterocycles.